The molecule has 0 aromatic heterocycles. The molecule has 0 aromatic carbocycles. The number of rotatable bonds is 10. The molecule has 0 aliphatic carbocycles. The van der Waals surface area contributed by atoms with Gasteiger partial charge in [-0.2, -0.15) is 0 Å². The van der Waals surface area contributed by atoms with Gasteiger partial charge in [-0.3, -0.25) is 0 Å². The number of ether oxygens (including phenoxy) is 1. The molecule has 2 heteroatoms. The van der Waals surface area contributed by atoms with E-state index >= 15 is 0 Å². The summed E-state index contributed by atoms with van der Waals surface area (Å²) in [5.74, 6) is 0.788. The second-order valence-electron chi connectivity index (χ2n) is 4.27. The Kier molecular flexibility index (Phi) is 10.9. The fourth-order valence-corrected chi connectivity index (χ4v) is 1.36. The van der Waals surface area contributed by atoms with Crippen LogP contribution in [-0.2, 0) is 9.84 Å². The summed E-state index contributed by atoms with van der Waals surface area (Å²) in [4.78, 5) is 0. The zero-order valence-electron chi connectivity index (χ0n) is 9.76. The molecule has 0 spiro atoms. The molecule has 0 aliphatic rings. The highest BCUT2D eigenvalue weighted by molar-refractivity contribution is 4.45. The Balaban J connectivity index is 2.85. The molecule has 0 bridgehead atoms. The topological polar surface area (TPSA) is 29.1 Å². The zero-order chi connectivity index (χ0) is 10.6. The average Bonchev–Trinajstić information content (AvgIpc) is 2.15. The molecule has 85 valence electrons. The Bertz CT molecular complexity index is 102. The first-order valence-corrected chi connectivity index (χ1v) is 5.93. The van der Waals surface area contributed by atoms with Crippen molar-refractivity contribution < 1.29 is 9.84 Å². The zero-order valence-corrected chi connectivity index (χ0v) is 9.76. The quantitative estimate of drug-likeness (QED) is 0.498. The van der Waals surface area contributed by atoms with E-state index in [1.54, 1.807) is 0 Å². The number of hydrogen-bond donors (Lipinski definition) is 0. The van der Waals surface area contributed by atoms with Gasteiger partial charge >= 0.3 is 0 Å². The largest absolute Gasteiger partial charge is 0.381 e. The molecule has 0 N–H and O–H groups in total. The van der Waals surface area contributed by atoms with Gasteiger partial charge in [0.15, 0.2) is 0 Å². The van der Waals surface area contributed by atoms with Crippen molar-refractivity contribution >= 4 is 0 Å². The average molecular weight is 201 g/mol. The normalized spacial score (nSPS) is 11.1. The van der Waals surface area contributed by atoms with E-state index in [2.05, 4.69) is 13.8 Å². The van der Waals surface area contributed by atoms with Crippen LogP contribution in [0.2, 0.25) is 0 Å². The third-order valence-electron chi connectivity index (χ3n) is 2.25. The maximum atomic E-state index is 10.1. The van der Waals surface area contributed by atoms with Crippen LogP contribution in [0.4, 0.5) is 0 Å². The maximum absolute atomic E-state index is 10.1. The van der Waals surface area contributed by atoms with E-state index in [1.807, 2.05) is 0 Å². The van der Waals surface area contributed by atoms with Crippen LogP contribution in [-0.4, -0.2) is 19.8 Å². The fraction of sp³-hybridized carbons (Fsp3) is 1.00. The summed E-state index contributed by atoms with van der Waals surface area (Å²) in [5.41, 5.74) is 0. The lowest BCUT2D eigenvalue weighted by molar-refractivity contribution is 0.122. The van der Waals surface area contributed by atoms with Gasteiger partial charge in [0.2, 0.25) is 0 Å². The summed E-state index contributed by atoms with van der Waals surface area (Å²) in [6.07, 6.45) is 6.59. The van der Waals surface area contributed by atoms with Gasteiger partial charge in [0.05, 0.1) is 6.61 Å². The Labute approximate surface area is 88.7 Å². The van der Waals surface area contributed by atoms with Crippen molar-refractivity contribution in [3.63, 3.8) is 0 Å². The SMILES string of the molecule is CC(C)CCCOCCCCCC[O]. The van der Waals surface area contributed by atoms with E-state index in [1.165, 1.54) is 12.8 Å². The van der Waals surface area contributed by atoms with Crippen LogP contribution in [0.3, 0.4) is 0 Å². The molecule has 0 amide bonds. The summed E-state index contributed by atoms with van der Waals surface area (Å²) in [6.45, 7) is 6.33. The summed E-state index contributed by atoms with van der Waals surface area (Å²) in [5, 5.41) is 10.1. The monoisotopic (exact) mass is 201 g/mol. The van der Waals surface area contributed by atoms with Crippen LogP contribution in [0.5, 0.6) is 0 Å². The molecule has 0 heterocycles. The van der Waals surface area contributed by atoms with E-state index in [-0.39, 0.29) is 6.61 Å². The summed E-state index contributed by atoms with van der Waals surface area (Å²) < 4.78 is 5.49. The first-order chi connectivity index (χ1) is 6.77. The van der Waals surface area contributed by atoms with Crippen molar-refractivity contribution in [2.75, 3.05) is 19.8 Å². The molecule has 0 aliphatic heterocycles. The van der Waals surface area contributed by atoms with Crippen LogP contribution < -0.4 is 0 Å². The molecule has 0 aromatic rings. The van der Waals surface area contributed by atoms with Gasteiger partial charge < -0.3 is 4.74 Å². The van der Waals surface area contributed by atoms with Crippen molar-refractivity contribution in [3.8, 4) is 0 Å². The van der Waals surface area contributed by atoms with Gasteiger partial charge in [-0.05, 0) is 31.6 Å². The fourth-order valence-electron chi connectivity index (χ4n) is 1.36. The molecule has 0 atom stereocenters. The van der Waals surface area contributed by atoms with Gasteiger partial charge in [0.25, 0.3) is 0 Å². The number of hydrogen-bond acceptors (Lipinski definition) is 1. The Hall–Kier alpha value is -0.0800. The van der Waals surface area contributed by atoms with E-state index in [0.717, 1.165) is 44.8 Å². The highest BCUT2D eigenvalue weighted by Crippen LogP contribution is 2.04. The molecule has 2 nitrogen and oxygen atoms in total. The predicted octanol–water partition coefficient (Wildman–Crippen LogP) is 3.43. The van der Waals surface area contributed by atoms with Gasteiger partial charge in [0.1, 0.15) is 0 Å². The molecule has 0 saturated heterocycles. The van der Waals surface area contributed by atoms with Crippen LogP contribution >= 0.6 is 0 Å². The smallest absolute Gasteiger partial charge is 0.0822 e. The van der Waals surface area contributed by atoms with Crippen LogP contribution in [0.1, 0.15) is 52.4 Å². The Morgan fingerprint density at radius 2 is 1.57 bits per heavy atom. The Morgan fingerprint density at radius 3 is 2.21 bits per heavy atom. The summed E-state index contributed by atoms with van der Waals surface area (Å²) in [7, 11) is 0. The van der Waals surface area contributed by atoms with Gasteiger partial charge in [0, 0.05) is 13.2 Å². The van der Waals surface area contributed by atoms with Gasteiger partial charge in [-0.15, -0.1) is 0 Å². The molecule has 0 rings (SSSR count). The van der Waals surface area contributed by atoms with Crippen molar-refractivity contribution in [3.05, 3.63) is 0 Å². The molecular weight excluding hydrogens is 176 g/mol. The highest BCUT2D eigenvalue weighted by Gasteiger charge is 1.94. The van der Waals surface area contributed by atoms with Crippen LogP contribution in [0, 0.1) is 5.92 Å². The highest BCUT2D eigenvalue weighted by atomic mass is 16.5. The van der Waals surface area contributed by atoms with E-state index in [0.29, 0.717) is 0 Å². The Morgan fingerprint density at radius 1 is 0.929 bits per heavy atom. The second kappa shape index (κ2) is 11.0. The predicted molar refractivity (Wildman–Crippen MR) is 58.9 cm³/mol. The van der Waals surface area contributed by atoms with E-state index in [9.17, 15) is 5.11 Å². The maximum Gasteiger partial charge on any atom is 0.0822 e. The minimum atomic E-state index is 0.0786. The molecule has 0 fully saturated rings. The standard InChI is InChI=1S/C12H25O2/c1-12(2)8-7-11-14-10-6-4-3-5-9-13/h12H,3-11H2,1-2H3. The lowest BCUT2D eigenvalue weighted by Crippen LogP contribution is -1.99. The van der Waals surface area contributed by atoms with Crippen molar-refractivity contribution in [2.24, 2.45) is 5.92 Å². The lowest BCUT2D eigenvalue weighted by atomic mass is 10.1. The summed E-state index contributed by atoms with van der Waals surface area (Å²) in [6, 6.07) is 0. The summed E-state index contributed by atoms with van der Waals surface area (Å²) >= 11 is 0. The van der Waals surface area contributed by atoms with Crippen LogP contribution in [0.15, 0.2) is 0 Å². The minimum absolute atomic E-state index is 0.0786. The number of unbranched alkanes of at least 4 members (excludes halogenated alkanes) is 3. The molecule has 0 unspecified atom stereocenters. The lowest BCUT2D eigenvalue weighted by Gasteiger charge is -2.05. The first-order valence-electron chi connectivity index (χ1n) is 5.93. The first kappa shape index (κ1) is 13.9. The van der Waals surface area contributed by atoms with Crippen LogP contribution in [0.25, 0.3) is 0 Å². The minimum Gasteiger partial charge on any atom is -0.381 e. The third kappa shape index (κ3) is 11.9. The molecule has 14 heavy (non-hydrogen) atoms. The van der Waals surface area contributed by atoms with E-state index < -0.39 is 0 Å². The molecule has 0 saturated carbocycles. The van der Waals surface area contributed by atoms with Gasteiger partial charge in [-0.25, -0.2) is 5.11 Å². The van der Waals surface area contributed by atoms with Crippen molar-refractivity contribution in [1.82, 2.24) is 0 Å². The molecule has 1 radical (unpaired) electrons. The van der Waals surface area contributed by atoms with Crippen molar-refractivity contribution in [2.45, 2.75) is 52.4 Å². The van der Waals surface area contributed by atoms with Gasteiger partial charge in [-0.1, -0.05) is 26.7 Å². The van der Waals surface area contributed by atoms with E-state index in [4.69, 9.17) is 4.74 Å². The van der Waals surface area contributed by atoms with Crippen molar-refractivity contribution in [1.29, 1.82) is 0 Å². The third-order valence-corrected chi connectivity index (χ3v) is 2.25. The molecular formula is C12H25O2. The second-order valence-corrected chi connectivity index (χ2v) is 4.27.